The molecule has 6 heteroatoms. The van der Waals surface area contributed by atoms with E-state index in [-0.39, 0.29) is 24.4 Å². The molecule has 0 saturated carbocycles. The average molecular weight is 297 g/mol. The number of carbonyl (C=O) groups is 2. The number of nitrogens with one attached hydrogen (secondary N) is 1. The van der Waals surface area contributed by atoms with Crippen molar-refractivity contribution in [2.45, 2.75) is 51.6 Å². The number of piperazine rings is 1. The van der Waals surface area contributed by atoms with Crippen LogP contribution in [0.15, 0.2) is 0 Å². The van der Waals surface area contributed by atoms with E-state index in [0.29, 0.717) is 19.0 Å². The fraction of sp³-hybridized carbons (Fsp3) is 0.867. The Kier molecular flexibility index (Phi) is 5.45. The first kappa shape index (κ1) is 16.1. The van der Waals surface area contributed by atoms with E-state index in [1.807, 2.05) is 11.8 Å². The van der Waals surface area contributed by atoms with Gasteiger partial charge in [-0.1, -0.05) is 6.92 Å². The lowest BCUT2D eigenvalue weighted by Crippen LogP contribution is -2.59. The third-order valence-corrected chi connectivity index (χ3v) is 4.65. The van der Waals surface area contributed by atoms with Crippen molar-refractivity contribution in [3.8, 4) is 0 Å². The Morgan fingerprint density at radius 3 is 2.86 bits per heavy atom. The number of hydrogen-bond acceptors (Lipinski definition) is 3. The SMILES string of the molecule is CC(CCC(=O)O)CNC(=O)N1CC2CCCN2CC1C. The normalized spacial score (nSPS) is 27.2. The Morgan fingerprint density at radius 2 is 2.14 bits per heavy atom. The van der Waals surface area contributed by atoms with Crippen LogP contribution in [0, 0.1) is 5.92 Å². The topological polar surface area (TPSA) is 72.9 Å². The molecule has 2 amide bonds. The minimum absolute atomic E-state index is 0.00350. The van der Waals surface area contributed by atoms with Crippen LogP contribution in [0.2, 0.25) is 0 Å². The molecule has 6 nitrogen and oxygen atoms in total. The summed E-state index contributed by atoms with van der Waals surface area (Å²) in [6.07, 6.45) is 3.18. The van der Waals surface area contributed by atoms with E-state index in [9.17, 15) is 9.59 Å². The molecule has 2 rings (SSSR count). The molecule has 2 saturated heterocycles. The first-order valence-electron chi connectivity index (χ1n) is 7.97. The molecule has 3 unspecified atom stereocenters. The summed E-state index contributed by atoms with van der Waals surface area (Å²) >= 11 is 0. The third kappa shape index (κ3) is 4.33. The maximum Gasteiger partial charge on any atom is 0.317 e. The zero-order valence-corrected chi connectivity index (χ0v) is 13.0. The Bertz CT molecular complexity index is 388. The van der Waals surface area contributed by atoms with E-state index in [0.717, 1.165) is 19.6 Å². The van der Waals surface area contributed by atoms with Crippen molar-refractivity contribution in [3.63, 3.8) is 0 Å². The van der Waals surface area contributed by atoms with Crippen molar-refractivity contribution >= 4 is 12.0 Å². The van der Waals surface area contributed by atoms with Gasteiger partial charge in [0.15, 0.2) is 0 Å². The molecule has 120 valence electrons. The lowest BCUT2D eigenvalue weighted by Gasteiger charge is -2.42. The maximum atomic E-state index is 12.3. The van der Waals surface area contributed by atoms with Gasteiger partial charge >= 0.3 is 12.0 Å². The number of aliphatic carboxylic acids is 1. The minimum Gasteiger partial charge on any atom is -0.481 e. The highest BCUT2D eigenvalue weighted by Gasteiger charge is 2.36. The molecular formula is C15H27N3O3. The first-order valence-corrected chi connectivity index (χ1v) is 7.97. The Balaban J connectivity index is 1.76. The predicted octanol–water partition coefficient (Wildman–Crippen LogP) is 1.37. The molecule has 0 aromatic carbocycles. The van der Waals surface area contributed by atoms with E-state index in [1.165, 1.54) is 12.8 Å². The zero-order valence-electron chi connectivity index (χ0n) is 13.0. The Hall–Kier alpha value is -1.30. The average Bonchev–Trinajstić information content (AvgIpc) is 2.88. The first-order chi connectivity index (χ1) is 9.97. The van der Waals surface area contributed by atoms with Crippen LogP contribution in [-0.4, -0.2) is 65.2 Å². The quantitative estimate of drug-likeness (QED) is 0.804. The van der Waals surface area contributed by atoms with E-state index in [1.54, 1.807) is 0 Å². The molecular weight excluding hydrogens is 270 g/mol. The monoisotopic (exact) mass is 297 g/mol. The number of fused-ring (bicyclic) bond motifs is 1. The Morgan fingerprint density at radius 1 is 1.38 bits per heavy atom. The molecule has 3 atom stereocenters. The summed E-state index contributed by atoms with van der Waals surface area (Å²) in [6.45, 7) is 7.56. The fourth-order valence-electron chi connectivity index (χ4n) is 3.31. The van der Waals surface area contributed by atoms with Crippen LogP contribution in [0.3, 0.4) is 0 Å². The van der Waals surface area contributed by atoms with E-state index in [4.69, 9.17) is 5.11 Å². The maximum absolute atomic E-state index is 12.3. The number of carbonyl (C=O) groups excluding carboxylic acids is 1. The van der Waals surface area contributed by atoms with Gasteiger partial charge in [-0.05, 0) is 38.6 Å². The fourth-order valence-corrected chi connectivity index (χ4v) is 3.31. The molecule has 0 aromatic heterocycles. The number of nitrogens with zero attached hydrogens (tertiary/aromatic N) is 2. The molecule has 0 spiro atoms. The van der Waals surface area contributed by atoms with Crippen LogP contribution >= 0.6 is 0 Å². The summed E-state index contributed by atoms with van der Waals surface area (Å²) in [5.74, 6) is -0.590. The van der Waals surface area contributed by atoms with Crippen molar-refractivity contribution < 1.29 is 14.7 Å². The Labute approximate surface area is 126 Å². The van der Waals surface area contributed by atoms with Gasteiger partial charge in [-0.2, -0.15) is 0 Å². The minimum atomic E-state index is -0.779. The summed E-state index contributed by atoms with van der Waals surface area (Å²) in [7, 11) is 0. The van der Waals surface area contributed by atoms with Crippen LogP contribution < -0.4 is 5.32 Å². The summed E-state index contributed by atoms with van der Waals surface area (Å²) in [6, 6.07) is 0.765. The molecule has 2 heterocycles. The lowest BCUT2D eigenvalue weighted by molar-refractivity contribution is -0.137. The van der Waals surface area contributed by atoms with E-state index < -0.39 is 5.97 Å². The van der Waals surface area contributed by atoms with Crippen molar-refractivity contribution in [2.75, 3.05) is 26.2 Å². The van der Waals surface area contributed by atoms with Gasteiger partial charge in [-0.3, -0.25) is 9.69 Å². The molecule has 2 fully saturated rings. The molecule has 0 bridgehead atoms. The number of amides is 2. The summed E-state index contributed by atoms with van der Waals surface area (Å²) < 4.78 is 0. The number of carboxylic acids is 1. The lowest BCUT2D eigenvalue weighted by atomic mass is 10.1. The highest BCUT2D eigenvalue weighted by Crippen LogP contribution is 2.24. The van der Waals surface area contributed by atoms with Crippen molar-refractivity contribution in [2.24, 2.45) is 5.92 Å². The number of carboxylic acid groups (broad SMARTS) is 1. The molecule has 2 N–H and O–H groups in total. The second kappa shape index (κ2) is 7.11. The standard InChI is InChI=1S/C15H27N3O3/c1-11(5-6-14(19)20)8-16-15(21)18-10-13-4-3-7-17(13)9-12(18)2/h11-13H,3-10H2,1-2H3,(H,16,21)(H,19,20). The van der Waals surface area contributed by atoms with Crippen LogP contribution in [0.4, 0.5) is 4.79 Å². The molecule has 0 aromatic rings. The molecule has 0 aliphatic carbocycles. The van der Waals surface area contributed by atoms with Crippen molar-refractivity contribution in [3.05, 3.63) is 0 Å². The van der Waals surface area contributed by atoms with E-state index in [2.05, 4.69) is 17.1 Å². The highest BCUT2D eigenvalue weighted by atomic mass is 16.4. The number of hydrogen-bond donors (Lipinski definition) is 2. The van der Waals surface area contributed by atoms with Crippen LogP contribution in [0.5, 0.6) is 0 Å². The van der Waals surface area contributed by atoms with Gasteiger partial charge < -0.3 is 15.3 Å². The molecule has 2 aliphatic heterocycles. The second-order valence-electron chi connectivity index (χ2n) is 6.52. The van der Waals surface area contributed by atoms with Crippen LogP contribution in [-0.2, 0) is 4.79 Å². The van der Waals surface area contributed by atoms with Gasteiger partial charge in [0.1, 0.15) is 0 Å². The van der Waals surface area contributed by atoms with E-state index >= 15 is 0 Å². The molecule has 21 heavy (non-hydrogen) atoms. The zero-order chi connectivity index (χ0) is 15.4. The summed E-state index contributed by atoms with van der Waals surface area (Å²) in [5.41, 5.74) is 0. The summed E-state index contributed by atoms with van der Waals surface area (Å²) in [5, 5.41) is 11.6. The number of urea groups is 1. The van der Waals surface area contributed by atoms with Crippen molar-refractivity contribution in [1.29, 1.82) is 0 Å². The highest BCUT2D eigenvalue weighted by molar-refractivity contribution is 5.74. The predicted molar refractivity (Wildman–Crippen MR) is 80.2 cm³/mol. The smallest absolute Gasteiger partial charge is 0.317 e. The third-order valence-electron chi connectivity index (χ3n) is 4.65. The second-order valence-corrected chi connectivity index (χ2v) is 6.52. The van der Waals surface area contributed by atoms with Crippen molar-refractivity contribution in [1.82, 2.24) is 15.1 Å². The van der Waals surface area contributed by atoms with Gasteiger partial charge in [0.05, 0.1) is 0 Å². The molecule has 0 radical (unpaired) electrons. The van der Waals surface area contributed by atoms with Gasteiger partial charge in [-0.25, -0.2) is 4.79 Å². The van der Waals surface area contributed by atoms with Crippen LogP contribution in [0.1, 0.15) is 39.5 Å². The van der Waals surface area contributed by atoms with Gasteiger partial charge in [0.25, 0.3) is 0 Å². The summed E-state index contributed by atoms with van der Waals surface area (Å²) in [4.78, 5) is 27.3. The van der Waals surface area contributed by atoms with Gasteiger partial charge in [-0.15, -0.1) is 0 Å². The largest absolute Gasteiger partial charge is 0.481 e. The van der Waals surface area contributed by atoms with Crippen LogP contribution in [0.25, 0.3) is 0 Å². The van der Waals surface area contributed by atoms with Gasteiger partial charge in [0, 0.05) is 38.1 Å². The molecule has 2 aliphatic rings. The van der Waals surface area contributed by atoms with Gasteiger partial charge in [0.2, 0.25) is 0 Å². The number of rotatable bonds is 5.